The third kappa shape index (κ3) is 9.52. The van der Waals surface area contributed by atoms with Gasteiger partial charge in [0.05, 0.1) is 18.9 Å². The van der Waals surface area contributed by atoms with Crippen LogP contribution in [0, 0.1) is 23.6 Å². The van der Waals surface area contributed by atoms with Crippen molar-refractivity contribution in [1.82, 2.24) is 30.2 Å². The van der Waals surface area contributed by atoms with Crippen molar-refractivity contribution in [2.75, 3.05) is 52.3 Å². The predicted octanol–water partition coefficient (Wildman–Crippen LogP) is 3.02. The largest absolute Gasteiger partial charge is 0.382 e. The highest BCUT2D eigenvalue weighted by Gasteiger charge is 2.48. The minimum atomic E-state index is -0.990. The van der Waals surface area contributed by atoms with Crippen LogP contribution in [-0.2, 0) is 30.4 Å². The number of ether oxygens (including phenoxy) is 2. The molecular formula is C37H54FN7O6. The molecule has 2 aliphatic carbocycles. The Morgan fingerprint density at radius 3 is 2.29 bits per heavy atom. The van der Waals surface area contributed by atoms with Crippen LogP contribution in [0.4, 0.5) is 10.1 Å². The molecule has 4 amide bonds. The summed E-state index contributed by atoms with van der Waals surface area (Å²) in [6.07, 6.45) is 4.70. The average molecular weight is 712 g/mol. The highest BCUT2D eigenvalue weighted by Crippen LogP contribution is 2.51. The Labute approximate surface area is 300 Å². The second-order valence-corrected chi connectivity index (χ2v) is 14.4. The van der Waals surface area contributed by atoms with Crippen molar-refractivity contribution < 1.29 is 33.0 Å². The van der Waals surface area contributed by atoms with Gasteiger partial charge in [-0.3, -0.25) is 23.9 Å². The fourth-order valence-electron chi connectivity index (χ4n) is 7.04. The molecule has 0 unspecified atom stereocenters. The Hall–Kier alpha value is -3.88. The monoisotopic (exact) mass is 711 g/mol. The van der Waals surface area contributed by atoms with Crippen molar-refractivity contribution in [3.8, 4) is 0 Å². The number of hydrogen-bond donors (Lipinski definition) is 3. The first-order chi connectivity index (χ1) is 24.4. The summed E-state index contributed by atoms with van der Waals surface area (Å²) >= 11 is 0. The molecule has 3 aliphatic rings. The maximum atomic E-state index is 15.9. The first-order valence-electron chi connectivity index (χ1n) is 18.3. The van der Waals surface area contributed by atoms with Crippen LogP contribution in [0.5, 0.6) is 0 Å². The summed E-state index contributed by atoms with van der Waals surface area (Å²) in [4.78, 5) is 58.4. The van der Waals surface area contributed by atoms with Crippen LogP contribution >= 0.6 is 0 Å². The van der Waals surface area contributed by atoms with Crippen LogP contribution < -0.4 is 16.0 Å². The van der Waals surface area contributed by atoms with Crippen molar-refractivity contribution in [1.29, 1.82) is 0 Å². The van der Waals surface area contributed by atoms with Crippen molar-refractivity contribution in [2.45, 2.75) is 90.1 Å². The number of anilines is 1. The molecule has 5 atom stereocenters. The lowest BCUT2D eigenvalue weighted by atomic mass is 9.88. The number of rotatable bonds is 17. The normalized spacial score (nSPS) is 20.4. The molecule has 5 rings (SSSR count). The van der Waals surface area contributed by atoms with E-state index >= 15 is 4.39 Å². The van der Waals surface area contributed by atoms with E-state index in [1.807, 2.05) is 20.9 Å². The smallest absolute Gasteiger partial charge is 0.270 e. The summed E-state index contributed by atoms with van der Waals surface area (Å²) in [6.45, 7) is 10.0. The summed E-state index contributed by atoms with van der Waals surface area (Å²) in [5.74, 6) is -2.26. The minimum Gasteiger partial charge on any atom is -0.382 e. The molecule has 51 heavy (non-hydrogen) atoms. The lowest BCUT2D eigenvalue weighted by Gasteiger charge is -2.40. The predicted molar refractivity (Wildman–Crippen MR) is 189 cm³/mol. The van der Waals surface area contributed by atoms with Crippen LogP contribution in [0.3, 0.4) is 0 Å². The highest BCUT2D eigenvalue weighted by atomic mass is 19.1. The number of likely N-dealkylation sites (N-methyl/N-ethyl adjacent to an activating group) is 1. The topological polar surface area (TPSA) is 147 Å². The van der Waals surface area contributed by atoms with Crippen LogP contribution in [-0.4, -0.2) is 114 Å². The summed E-state index contributed by atoms with van der Waals surface area (Å²) < 4.78 is 28.1. The van der Waals surface area contributed by atoms with Gasteiger partial charge < -0.3 is 35.2 Å². The molecule has 1 aliphatic heterocycles. The molecule has 0 spiro atoms. The Balaban J connectivity index is 1.34. The standard InChI is InChI=1S/C37H54FN7O6/c1-7-45-30(14-15-39-45)35(47)42-33(31(25-8-9-25)26-10-11-26)36(48)40-29-13-12-27(20-28(29)38)23(3)32(41-34(46)24(4)51-19-18-50-6)37(49)44-17-16-43(5)22(2)21-44/h12-15,20,22-26,31-33H,7-11,16-19,21H2,1-6H3,(H,40,48)(H,41,46)(H,42,47)/t22-,23+,24+,32-,33+/m1/s1. The number of nitrogens with one attached hydrogen (secondary N) is 3. The second-order valence-electron chi connectivity index (χ2n) is 14.4. The molecule has 3 N–H and O–H groups in total. The van der Waals surface area contributed by atoms with Gasteiger partial charge in [0.25, 0.3) is 5.91 Å². The van der Waals surface area contributed by atoms with Gasteiger partial charge in [0.2, 0.25) is 17.7 Å². The van der Waals surface area contributed by atoms with E-state index in [0.717, 1.165) is 25.7 Å². The summed E-state index contributed by atoms with van der Waals surface area (Å²) in [5.41, 5.74) is 0.813. The molecule has 13 nitrogen and oxygen atoms in total. The third-order valence-electron chi connectivity index (χ3n) is 10.7. The number of nitrogens with zero attached hydrogens (tertiary/aromatic N) is 4. The molecule has 0 bridgehead atoms. The van der Waals surface area contributed by atoms with E-state index in [1.54, 1.807) is 41.8 Å². The fraction of sp³-hybridized carbons (Fsp3) is 0.649. The third-order valence-corrected chi connectivity index (χ3v) is 10.7. The van der Waals surface area contributed by atoms with E-state index in [1.165, 1.54) is 19.2 Å². The Kier molecular flexibility index (Phi) is 12.9. The number of amides is 4. The average Bonchev–Trinajstić information content (AvgIpc) is 4.07. The van der Waals surface area contributed by atoms with Crippen molar-refractivity contribution >= 4 is 29.3 Å². The first-order valence-corrected chi connectivity index (χ1v) is 18.3. The van der Waals surface area contributed by atoms with Gasteiger partial charge in [-0.15, -0.1) is 0 Å². The van der Waals surface area contributed by atoms with E-state index in [2.05, 4.69) is 25.9 Å². The molecule has 1 aromatic heterocycles. The number of carbonyl (C=O) groups is 4. The number of aryl methyl sites for hydroxylation is 1. The van der Waals surface area contributed by atoms with Gasteiger partial charge in [0.1, 0.15) is 29.7 Å². The number of methoxy groups -OCH3 is 1. The summed E-state index contributed by atoms with van der Waals surface area (Å²) in [5, 5.41) is 12.8. The van der Waals surface area contributed by atoms with Gasteiger partial charge in [-0.1, -0.05) is 13.0 Å². The van der Waals surface area contributed by atoms with Crippen LogP contribution in [0.1, 0.15) is 75.3 Å². The molecule has 1 saturated heterocycles. The highest BCUT2D eigenvalue weighted by molar-refractivity contribution is 6.01. The number of halogens is 1. The Bertz CT molecular complexity index is 1530. The second kappa shape index (κ2) is 17.1. The number of hydrogen-bond acceptors (Lipinski definition) is 8. The SMILES string of the molecule is CCn1nccc1C(=O)N[C@H](C(=O)Nc1ccc([C@H](C)[C@@H](NC(=O)[C@H](C)OCCOC)C(=O)N2CCN(C)[C@H](C)C2)cc1F)C(C1CC1)C1CC1. The van der Waals surface area contributed by atoms with Gasteiger partial charge in [-0.25, -0.2) is 4.39 Å². The van der Waals surface area contributed by atoms with Gasteiger partial charge >= 0.3 is 0 Å². The number of piperazine rings is 1. The van der Waals surface area contributed by atoms with E-state index in [9.17, 15) is 19.2 Å². The molecule has 2 heterocycles. The van der Waals surface area contributed by atoms with Crippen LogP contribution in [0.2, 0.25) is 0 Å². The van der Waals surface area contributed by atoms with E-state index < -0.39 is 47.6 Å². The molecular weight excluding hydrogens is 657 g/mol. The van der Waals surface area contributed by atoms with Crippen molar-refractivity contribution in [2.24, 2.45) is 17.8 Å². The van der Waals surface area contributed by atoms with Gasteiger partial charge in [0, 0.05) is 51.4 Å². The minimum absolute atomic E-state index is 0.0286. The van der Waals surface area contributed by atoms with Crippen LogP contribution in [0.25, 0.3) is 0 Å². The van der Waals surface area contributed by atoms with Gasteiger partial charge in [-0.05, 0) is 95.0 Å². The fourth-order valence-corrected chi connectivity index (χ4v) is 7.04. The quantitative estimate of drug-likeness (QED) is 0.213. The molecule has 3 fully saturated rings. The molecule has 2 saturated carbocycles. The molecule has 280 valence electrons. The van der Waals surface area contributed by atoms with E-state index in [0.29, 0.717) is 55.9 Å². The Morgan fingerprint density at radius 2 is 1.69 bits per heavy atom. The zero-order valence-corrected chi connectivity index (χ0v) is 30.7. The molecule has 0 radical (unpaired) electrons. The van der Waals surface area contributed by atoms with Crippen molar-refractivity contribution in [3.05, 3.63) is 47.5 Å². The number of carbonyl (C=O) groups excluding carboxylic acids is 4. The molecule has 2 aromatic rings. The van der Waals surface area contributed by atoms with E-state index in [4.69, 9.17) is 9.47 Å². The van der Waals surface area contributed by atoms with Crippen LogP contribution in [0.15, 0.2) is 30.5 Å². The molecule has 14 heteroatoms. The zero-order valence-electron chi connectivity index (χ0n) is 30.7. The number of benzene rings is 1. The zero-order chi connectivity index (χ0) is 36.8. The summed E-state index contributed by atoms with van der Waals surface area (Å²) in [6, 6.07) is 4.36. The Morgan fingerprint density at radius 1 is 0.980 bits per heavy atom. The van der Waals surface area contributed by atoms with E-state index in [-0.39, 0.29) is 30.2 Å². The van der Waals surface area contributed by atoms with Gasteiger partial charge in [0.15, 0.2) is 0 Å². The number of aromatic nitrogens is 2. The maximum Gasteiger partial charge on any atom is 0.270 e. The summed E-state index contributed by atoms with van der Waals surface area (Å²) in [7, 11) is 3.55. The van der Waals surface area contributed by atoms with Crippen molar-refractivity contribution in [3.63, 3.8) is 0 Å². The lowest BCUT2D eigenvalue weighted by Crippen LogP contribution is -2.58. The maximum absolute atomic E-state index is 15.9. The molecule has 1 aromatic carbocycles. The van der Waals surface area contributed by atoms with Gasteiger partial charge in [-0.2, -0.15) is 5.10 Å². The lowest BCUT2D eigenvalue weighted by molar-refractivity contribution is -0.142. The first kappa shape index (κ1) is 38.4.